The molecule has 0 atom stereocenters. The predicted octanol–water partition coefficient (Wildman–Crippen LogP) is 4.57. The van der Waals surface area contributed by atoms with Crippen LogP contribution in [0.3, 0.4) is 0 Å². The summed E-state index contributed by atoms with van der Waals surface area (Å²) in [4.78, 5) is 17.4. The van der Waals surface area contributed by atoms with Crippen molar-refractivity contribution in [3.63, 3.8) is 0 Å². The standard InChI is InChI=1S/C21H20F3N3O3/c1-29-18-9-19-26-17(12-2-4-30-5-3-12)11-27(19)10-16(18)21(28)25-15-7-13(20(23)24)6-14(22)8-15/h6-12,20H,2-5H2,1H3,(H,25,28). The highest BCUT2D eigenvalue weighted by molar-refractivity contribution is 6.06. The molecular formula is C21H20F3N3O3. The molecule has 2 aromatic heterocycles. The fourth-order valence-corrected chi connectivity index (χ4v) is 3.57. The smallest absolute Gasteiger partial charge is 0.264 e. The first-order valence-corrected chi connectivity index (χ1v) is 9.49. The van der Waals surface area contributed by atoms with Crippen LogP contribution in [0.15, 0.2) is 36.7 Å². The number of hydrogen-bond acceptors (Lipinski definition) is 4. The number of anilines is 1. The van der Waals surface area contributed by atoms with Crippen molar-refractivity contribution in [2.75, 3.05) is 25.6 Å². The summed E-state index contributed by atoms with van der Waals surface area (Å²) < 4.78 is 51.9. The van der Waals surface area contributed by atoms with Crippen LogP contribution in [0.2, 0.25) is 0 Å². The van der Waals surface area contributed by atoms with E-state index in [-0.39, 0.29) is 22.9 Å². The van der Waals surface area contributed by atoms with Crippen LogP contribution in [-0.2, 0) is 4.74 Å². The van der Waals surface area contributed by atoms with Crippen LogP contribution in [0, 0.1) is 5.82 Å². The van der Waals surface area contributed by atoms with E-state index in [1.165, 1.54) is 7.11 Å². The lowest BCUT2D eigenvalue weighted by Crippen LogP contribution is -2.14. The molecule has 1 amide bonds. The number of imidazole rings is 1. The number of ether oxygens (including phenoxy) is 2. The van der Waals surface area contributed by atoms with E-state index >= 15 is 0 Å². The minimum absolute atomic E-state index is 0.0639. The number of nitrogens with one attached hydrogen (secondary N) is 1. The number of methoxy groups -OCH3 is 1. The number of amides is 1. The number of halogens is 3. The molecule has 1 N–H and O–H groups in total. The number of hydrogen-bond donors (Lipinski definition) is 1. The second-order valence-corrected chi connectivity index (χ2v) is 7.10. The van der Waals surface area contributed by atoms with Crippen LogP contribution in [0.1, 0.15) is 46.8 Å². The van der Waals surface area contributed by atoms with Gasteiger partial charge in [-0.3, -0.25) is 4.79 Å². The normalized spacial score (nSPS) is 15.0. The van der Waals surface area contributed by atoms with Gasteiger partial charge in [-0.05, 0) is 31.0 Å². The largest absolute Gasteiger partial charge is 0.496 e. The Balaban J connectivity index is 1.64. The number of aromatic nitrogens is 2. The van der Waals surface area contributed by atoms with Crippen molar-refractivity contribution in [3.05, 3.63) is 59.3 Å². The van der Waals surface area contributed by atoms with Crippen LogP contribution in [0.5, 0.6) is 5.75 Å². The van der Waals surface area contributed by atoms with Crippen LogP contribution < -0.4 is 10.1 Å². The Morgan fingerprint density at radius 3 is 2.70 bits per heavy atom. The monoisotopic (exact) mass is 419 g/mol. The van der Waals surface area contributed by atoms with Gasteiger partial charge < -0.3 is 19.2 Å². The Morgan fingerprint density at radius 2 is 2.00 bits per heavy atom. The zero-order valence-electron chi connectivity index (χ0n) is 16.2. The summed E-state index contributed by atoms with van der Waals surface area (Å²) in [5.41, 5.74) is 1.12. The maximum absolute atomic E-state index is 13.6. The van der Waals surface area contributed by atoms with Crippen molar-refractivity contribution < 1.29 is 27.4 Å². The number of rotatable bonds is 5. The quantitative estimate of drug-likeness (QED) is 0.658. The van der Waals surface area contributed by atoms with Crippen molar-refractivity contribution in [1.82, 2.24) is 9.38 Å². The summed E-state index contributed by atoms with van der Waals surface area (Å²) in [6.07, 6.45) is 2.32. The summed E-state index contributed by atoms with van der Waals surface area (Å²) in [5.74, 6) is -0.918. The summed E-state index contributed by atoms with van der Waals surface area (Å²) >= 11 is 0. The highest BCUT2D eigenvalue weighted by atomic mass is 19.3. The highest BCUT2D eigenvalue weighted by Crippen LogP contribution is 2.29. The second kappa shape index (κ2) is 8.35. The van der Waals surface area contributed by atoms with E-state index in [2.05, 4.69) is 10.3 Å². The first kappa shape index (κ1) is 20.2. The van der Waals surface area contributed by atoms with Gasteiger partial charge in [0.15, 0.2) is 0 Å². The average molecular weight is 419 g/mol. The molecule has 0 aliphatic carbocycles. The molecule has 4 rings (SSSR count). The van der Waals surface area contributed by atoms with E-state index in [9.17, 15) is 18.0 Å². The fraction of sp³-hybridized carbons (Fsp3) is 0.333. The van der Waals surface area contributed by atoms with Crippen molar-refractivity contribution in [1.29, 1.82) is 0 Å². The third kappa shape index (κ3) is 4.11. The van der Waals surface area contributed by atoms with Gasteiger partial charge in [0.25, 0.3) is 12.3 Å². The molecule has 0 saturated carbocycles. The molecule has 6 nitrogen and oxygen atoms in total. The van der Waals surface area contributed by atoms with Gasteiger partial charge in [0.1, 0.15) is 17.2 Å². The minimum atomic E-state index is -2.85. The van der Waals surface area contributed by atoms with Gasteiger partial charge in [0.2, 0.25) is 0 Å². The van der Waals surface area contributed by atoms with Crippen LogP contribution in [0.4, 0.5) is 18.9 Å². The highest BCUT2D eigenvalue weighted by Gasteiger charge is 2.21. The molecule has 0 bridgehead atoms. The van der Waals surface area contributed by atoms with Crippen LogP contribution in [0.25, 0.3) is 5.65 Å². The summed E-state index contributed by atoms with van der Waals surface area (Å²) in [5, 5.41) is 2.46. The van der Waals surface area contributed by atoms with Crippen molar-refractivity contribution >= 4 is 17.2 Å². The van der Waals surface area contributed by atoms with E-state index in [4.69, 9.17) is 9.47 Å². The molecule has 158 valence electrons. The summed E-state index contributed by atoms with van der Waals surface area (Å²) in [6.45, 7) is 1.37. The predicted molar refractivity (Wildman–Crippen MR) is 104 cm³/mol. The van der Waals surface area contributed by atoms with E-state index in [1.807, 2.05) is 6.20 Å². The van der Waals surface area contributed by atoms with Gasteiger partial charge in [-0.1, -0.05) is 0 Å². The molecule has 1 saturated heterocycles. The van der Waals surface area contributed by atoms with Gasteiger partial charge in [-0.25, -0.2) is 18.2 Å². The molecule has 30 heavy (non-hydrogen) atoms. The van der Waals surface area contributed by atoms with Gasteiger partial charge in [-0.15, -0.1) is 0 Å². The zero-order chi connectivity index (χ0) is 21.3. The second-order valence-electron chi connectivity index (χ2n) is 7.10. The fourth-order valence-electron chi connectivity index (χ4n) is 3.57. The molecule has 1 fully saturated rings. The third-order valence-electron chi connectivity index (χ3n) is 5.11. The van der Waals surface area contributed by atoms with E-state index in [1.54, 1.807) is 16.7 Å². The lowest BCUT2D eigenvalue weighted by molar-refractivity contribution is 0.0846. The molecular weight excluding hydrogens is 399 g/mol. The Hall–Kier alpha value is -3.07. The van der Waals surface area contributed by atoms with E-state index < -0.39 is 23.7 Å². The van der Waals surface area contributed by atoms with Crippen molar-refractivity contribution in [3.8, 4) is 5.75 Å². The number of alkyl halides is 2. The minimum Gasteiger partial charge on any atom is -0.496 e. The van der Waals surface area contributed by atoms with Crippen molar-refractivity contribution in [2.45, 2.75) is 25.2 Å². The Morgan fingerprint density at radius 1 is 1.23 bits per heavy atom. The number of carbonyl (C=O) groups excluding carboxylic acids is 1. The molecule has 0 radical (unpaired) electrons. The van der Waals surface area contributed by atoms with Crippen molar-refractivity contribution in [2.24, 2.45) is 0 Å². The summed E-state index contributed by atoms with van der Waals surface area (Å²) in [6, 6.07) is 4.39. The van der Waals surface area contributed by atoms with Gasteiger partial charge in [0.05, 0.1) is 18.4 Å². The zero-order valence-corrected chi connectivity index (χ0v) is 16.2. The number of pyridine rings is 1. The molecule has 0 unspecified atom stereocenters. The molecule has 1 aromatic carbocycles. The third-order valence-corrected chi connectivity index (χ3v) is 5.11. The van der Waals surface area contributed by atoms with Gasteiger partial charge >= 0.3 is 0 Å². The molecule has 9 heteroatoms. The SMILES string of the molecule is COc1cc2nc(C3CCOCC3)cn2cc1C(=O)Nc1cc(F)cc(C(F)F)c1. The lowest BCUT2D eigenvalue weighted by Gasteiger charge is -2.19. The Kier molecular flexibility index (Phi) is 5.63. The Labute approximate surface area is 170 Å². The molecule has 1 aliphatic heterocycles. The molecule has 0 spiro atoms. The van der Waals surface area contributed by atoms with Gasteiger partial charge in [0, 0.05) is 48.8 Å². The molecule has 3 heterocycles. The number of nitrogens with zero attached hydrogens (tertiary/aromatic N) is 2. The maximum atomic E-state index is 13.6. The first-order chi connectivity index (χ1) is 14.4. The van der Waals surface area contributed by atoms with Crippen LogP contribution >= 0.6 is 0 Å². The maximum Gasteiger partial charge on any atom is 0.264 e. The number of benzene rings is 1. The lowest BCUT2D eigenvalue weighted by atomic mass is 9.97. The van der Waals surface area contributed by atoms with E-state index in [0.29, 0.717) is 18.9 Å². The number of fused-ring (bicyclic) bond motifs is 1. The van der Waals surface area contributed by atoms with Crippen LogP contribution in [-0.4, -0.2) is 35.6 Å². The average Bonchev–Trinajstić information content (AvgIpc) is 3.16. The first-order valence-electron chi connectivity index (χ1n) is 9.49. The molecule has 1 aliphatic rings. The van der Waals surface area contributed by atoms with E-state index in [0.717, 1.165) is 36.7 Å². The van der Waals surface area contributed by atoms with Gasteiger partial charge in [-0.2, -0.15) is 0 Å². The Bertz CT molecular complexity index is 1080. The summed E-state index contributed by atoms with van der Waals surface area (Å²) in [7, 11) is 1.42. The topological polar surface area (TPSA) is 64.9 Å². The number of carbonyl (C=O) groups is 1. The molecule has 3 aromatic rings.